The molecule has 1 rings (SSSR count). The number of allylic oxidation sites excluding steroid dienone is 14. The molecule has 1 aliphatic rings. The standard InChI is InChI=1S/C46H72NO11P/c1-3-5-7-8-9-10-11-12-13-14-18-21-24-27-31-35-44(48)54-37-40(38-55-59(52,53)56-39-41(47)46(50)51)57-45(49)36-32-28-25-22-19-16-15-17-20-23-26-30-34-43-42(58-43)33-29-6-4-2/h5-7,9-10,12-13,16-17,19-20,25-26,28-30,40-43H,3-4,8,11,14-15,18,21-24,27,31-39,47H2,1-2H3,(H,50,51)(H,52,53)/b7-5-,10-9-,13-12-,19-16-,20-17-,28-25-,29-6-,30-26-/t40-,41+,42?,43?/m1/s1. The first kappa shape index (κ1) is 53.4. The number of unbranched alkanes of at least 4 members (excludes halogenated alkanes) is 5. The number of rotatable bonds is 37. The van der Waals surface area contributed by atoms with Crippen LogP contribution < -0.4 is 5.73 Å². The van der Waals surface area contributed by atoms with Crippen LogP contribution in [-0.2, 0) is 42.2 Å². The Morgan fingerprint density at radius 1 is 0.610 bits per heavy atom. The van der Waals surface area contributed by atoms with Crippen molar-refractivity contribution in [1.82, 2.24) is 0 Å². The fourth-order valence-corrected chi connectivity index (χ4v) is 6.10. The van der Waals surface area contributed by atoms with E-state index in [2.05, 4.69) is 97.4 Å². The first-order chi connectivity index (χ1) is 28.6. The van der Waals surface area contributed by atoms with Crippen molar-refractivity contribution in [2.75, 3.05) is 19.8 Å². The molecule has 0 radical (unpaired) electrons. The Labute approximate surface area is 353 Å². The highest BCUT2D eigenvalue weighted by atomic mass is 31.2. The number of carbonyl (C=O) groups excluding carboxylic acids is 2. The maximum atomic E-state index is 12.6. The van der Waals surface area contributed by atoms with E-state index in [-0.39, 0.29) is 12.8 Å². The Kier molecular flexibility index (Phi) is 32.8. The van der Waals surface area contributed by atoms with Gasteiger partial charge in [0.05, 0.1) is 25.4 Å². The van der Waals surface area contributed by atoms with E-state index in [0.717, 1.165) is 83.5 Å². The molecule has 0 aromatic rings. The largest absolute Gasteiger partial charge is 0.480 e. The molecule has 59 heavy (non-hydrogen) atoms. The van der Waals surface area contributed by atoms with Gasteiger partial charge in [-0.25, -0.2) is 4.57 Å². The van der Waals surface area contributed by atoms with Crippen molar-refractivity contribution < 1.29 is 52.2 Å². The predicted molar refractivity (Wildman–Crippen MR) is 234 cm³/mol. The van der Waals surface area contributed by atoms with Gasteiger partial charge in [0, 0.05) is 12.8 Å². The molecule has 13 heteroatoms. The van der Waals surface area contributed by atoms with Crippen molar-refractivity contribution in [2.24, 2.45) is 5.73 Å². The van der Waals surface area contributed by atoms with Gasteiger partial charge >= 0.3 is 25.7 Å². The molecule has 12 nitrogen and oxygen atoms in total. The zero-order chi connectivity index (χ0) is 43.2. The maximum absolute atomic E-state index is 12.6. The third kappa shape index (κ3) is 33.8. The lowest BCUT2D eigenvalue weighted by molar-refractivity contribution is -0.161. The molecular formula is C46H72NO11P. The lowest BCUT2D eigenvalue weighted by Crippen LogP contribution is -2.34. The Morgan fingerprint density at radius 2 is 1.08 bits per heavy atom. The van der Waals surface area contributed by atoms with Crippen LogP contribution >= 0.6 is 7.82 Å². The molecule has 0 spiro atoms. The highest BCUT2D eigenvalue weighted by Crippen LogP contribution is 2.43. The summed E-state index contributed by atoms with van der Waals surface area (Å²) in [5.74, 6) is -2.53. The Bertz CT molecular complexity index is 1430. The molecule has 1 heterocycles. The van der Waals surface area contributed by atoms with Gasteiger partial charge in [0.1, 0.15) is 12.6 Å². The molecule has 332 valence electrons. The number of carboxylic acid groups (broad SMARTS) is 1. The van der Waals surface area contributed by atoms with Crippen LogP contribution in [-0.4, -0.2) is 72.1 Å². The summed E-state index contributed by atoms with van der Waals surface area (Å²) in [7, 11) is -4.75. The van der Waals surface area contributed by atoms with Crippen LogP contribution in [0.3, 0.4) is 0 Å². The molecule has 1 fully saturated rings. The molecule has 4 N–H and O–H groups in total. The summed E-state index contributed by atoms with van der Waals surface area (Å²) in [6.07, 6.45) is 48.1. The van der Waals surface area contributed by atoms with Crippen molar-refractivity contribution in [3.8, 4) is 0 Å². The Hall–Kier alpha value is -3.64. The number of hydrogen-bond acceptors (Lipinski definition) is 10. The zero-order valence-corrected chi connectivity index (χ0v) is 36.4. The number of phosphoric acid groups is 1. The molecule has 0 bridgehead atoms. The summed E-state index contributed by atoms with van der Waals surface area (Å²) in [6, 6.07) is -1.54. The first-order valence-electron chi connectivity index (χ1n) is 21.4. The van der Waals surface area contributed by atoms with E-state index in [4.69, 9.17) is 29.6 Å². The van der Waals surface area contributed by atoms with Gasteiger partial charge < -0.3 is 29.9 Å². The average molecular weight is 846 g/mol. The smallest absolute Gasteiger partial charge is 0.472 e. The van der Waals surface area contributed by atoms with Gasteiger partial charge in [-0.2, -0.15) is 0 Å². The second kappa shape index (κ2) is 36.2. The minimum Gasteiger partial charge on any atom is -0.480 e. The predicted octanol–water partition coefficient (Wildman–Crippen LogP) is 10.3. The third-order valence-electron chi connectivity index (χ3n) is 8.74. The van der Waals surface area contributed by atoms with E-state index in [1.807, 2.05) is 18.2 Å². The number of aliphatic carboxylic acids is 1. The molecule has 0 aliphatic carbocycles. The zero-order valence-electron chi connectivity index (χ0n) is 35.5. The fourth-order valence-electron chi connectivity index (χ4n) is 5.32. The van der Waals surface area contributed by atoms with Crippen LogP contribution in [0.15, 0.2) is 97.2 Å². The molecule has 0 aromatic heterocycles. The summed E-state index contributed by atoms with van der Waals surface area (Å²) in [4.78, 5) is 45.9. The maximum Gasteiger partial charge on any atom is 0.472 e. The van der Waals surface area contributed by atoms with Crippen LogP contribution in [0.1, 0.15) is 129 Å². The van der Waals surface area contributed by atoms with Gasteiger partial charge in [-0.3, -0.25) is 23.4 Å². The van der Waals surface area contributed by atoms with E-state index in [1.165, 1.54) is 0 Å². The molecule has 3 unspecified atom stereocenters. The summed E-state index contributed by atoms with van der Waals surface area (Å²) in [5.41, 5.74) is 5.32. The molecule has 0 saturated carbocycles. The summed E-state index contributed by atoms with van der Waals surface area (Å²) in [5, 5.41) is 8.89. The van der Waals surface area contributed by atoms with Gasteiger partial charge in [0.15, 0.2) is 6.10 Å². The second-order valence-electron chi connectivity index (χ2n) is 14.1. The fraction of sp³-hybridized carbons (Fsp3) is 0.587. The monoisotopic (exact) mass is 845 g/mol. The van der Waals surface area contributed by atoms with Crippen molar-refractivity contribution >= 4 is 25.7 Å². The summed E-state index contributed by atoms with van der Waals surface area (Å²) >= 11 is 0. The number of carboxylic acids is 1. The van der Waals surface area contributed by atoms with Gasteiger partial charge in [-0.1, -0.05) is 130 Å². The highest BCUT2D eigenvalue weighted by molar-refractivity contribution is 7.47. The van der Waals surface area contributed by atoms with Gasteiger partial charge in [-0.15, -0.1) is 0 Å². The SMILES string of the molecule is CC/C=C\C/C=C\C/C=C\CCCCCCCC(=O)OC[C@H](COP(=O)(O)OC[C@H](N)C(=O)O)OC(=O)CC/C=C\C/C=C\C/C=C\C/C=C\CC1OC1C/C=C\CC. The van der Waals surface area contributed by atoms with Crippen molar-refractivity contribution in [3.63, 3.8) is 0 Å². The number of carbonyl (C=O) groups is 3. The number of epoxide rings is 1. The van der Waals surface area contributed by atoms with Crippen LogP contribution in [0.2, 0.25) is 0 Å². The van der Waals surface area contributed by atoms with Crippen molar-refractivity contribution in [1.29, 1.82) is 0 Å². The second-order valence-corrected chi connectivity index (χ2v) is 15.5. The van der Waals surface area contributed by atoms with Crippen LogP contribution in [0.4, 0.5) is 0 Å². The average Bonchev–Trinajstić information content (AvgIpc) is 3.97. The minimum atomic E-state index is -4.75. The Morgan fingerprint density at radius 3 is 1.68 bits per heavy atom. The topological polar surface area (TPSA) is 184 Å². The van der Waals surface area contributed by atoms with Crippen LogP contribution in [0.5, 0.6) is 0 Å². The van der Waals surface area contributed by atoms with Gasteiger partial charge in [0.25, 0.3) is 0 Å². The summed E-state index contributed by atoms with van der Waals surface area (Å²) < 4.78 is 38.2. The highest BCUT2D eigenvalue weighted by Gasteiger charge is 2.36. The number of esters is 2. The molecular weight excluding hydrogens is 773 g/mol. The Balaban J connectivity index is 2.36. The number of ether oxygens (including phenoxy) is 3. The van der Waals surface area contributed by atoms with E-state index < -0.39 is 57.7 Å². The quantitative estimate of drug-likeness (QED) is 0.0177. The molecule has 0 aromatic carbocycles. The molecule has 1 aliphatic heterocycles. The van der Waals surface area contributed by atoms with Gasteiger partial charge in [-0.05, 0) is 83.5 Å². The summed E-state index contributed by atoms with van der Waals surface area (Å²) in [6.45, 7) is 2.45. The van der Waals surface area contributed by atoms with E-state index >= 15 is 0 Å². The van der Waals surface area contributed by atoms with E-state index in [1.54, 1.807) is 0 Å². The lowest BCUT2D eigenvalue weighted by atomic mass is 10.1. The van der Waals surface area contributed by atoms with Crippen molar-refractivity contribution in [3.05, 3.63) is 97.2 Å². The normalized spacial score (nSPS) is 18.1. The van der Waals surface area contributed by atoms with E-state index in [0.29, 0.717) is 31.5 Å². The van der Waals surface area contributed by atoms with Crippen molar-refractivity contribution in [2.45, 2.75) is 154 Å². The van der Waals surface area contributed by atoms with E-state index in [9.17, 15) is 23.8 Å². The molecule has 5 atom stereocenters. The first-order valence-corrected chi connectivity index (χ1v) is 22.9. The number of nitrogens with two attached hydrogens (primary N) is 1. The molecule has 0 amide bonds. The van der Waals surface area contributed by atoms with Gasteiger partial charge in [0.2, 0.25) is 0 Å². The minimum absolute atomic E-state index is 0.0227. The van der Waals surface area contributed by atoms with Crippen LogP contribution in [0, 0.1) is 0 Å². The lowest BCUT2D eigenvalue weighted by Gasteiger charge is -2.20. The number of hydrogen-bond donors (Lipinski definition) is 3. The molecule has 1 saturated heterocycles. The van der Waals surface area contributed by atoms with Crippen LogP contribution in [0.25, 0.3) is 0 Å². The third-order valence-corrected chi connectivity index (χ3v) is 9.69. The number of phosphoric ester groups is 1.